The summed E-state index contributed by atoms with van der Waals surface area (Å²) in [5.74, 6) is 0.240. The first kappa shape index (κ1) is 13.1. The minimum absolute atomic E-state index is 0.0405. The average molecular weight is 289 g/mol. The first-order valence-electron chi connectivity index (χ1n) is 6.35. The summed E-state index contributed by atoms with van der Waals surface area (Å²) in [5.41, 5.74) is 7.05. The van der Waals surface area contributed by atoms with E-state index in [-0.39, 0.29) is 22.5 Å². The minimum Gasteiger partial charge on any atom is -0.398 e. The van der Waals surface area contributed by atoms with Crippen LogP contribution in [0.15, 0.2) is 53.7 Å². The van der Waals surface area contributed by atoms with Gasteiger partial charge >= 0.3 is 0 Å². The van der Waals surface area contributed by atoms with Crippen molar-refractivity contribution in [3.63, 3.8) is 0 Å². The number of nitrogen functional groups attached to an aromatic ring is 1. The number of pyridine rings is 1. The van der Waals surface area contributed by atoms with E-state index < -0.39 is 10.0 Å². The van der Waals surface area contributed by atoms with Gasteiger partial charge in [0.15, 0.2) is 0 Å². The van der Waals surface area contributed by atoms with Gasteiger partial charge in [0.1, 0.15) is 4.90 Å². The molecule has 0 spiro atoms. The SMILES string of the molecule is Nc1ccncc1S(=O)(=O)NC1CC1c1ccccc1. The maximum Gasteiger partial charge on any atom is 0.244 e. The van der Waals surface area contributed by atoms with E-state index in [2.05, 4.69) is 9.71 Å². The highest BCUT2D eigenvalue weighted by Crippen LogP contribution is 2.41. The molecule has 3 rings (SSSR count). The third kappa shape index (κ3) is 2.52. The molecule has 1 aromatic heterocycles. The van der Waals surface area contributed by atoms with Crippen molar-refractivity contribution in [2.24, 2.45) is 0 Å². The molecule has 2 unspecified atom stereocenters. The quantitative estimate of drug-likeness (QED) is 0.893. The predicted octanol–water partition coefficient (Wildman–Crippen LogP) is 1.50. The van der Waals surface area contributed by atoms with Crippen LogP contribution in [0.1, 0.15) is 17.9 Å². The summed E-state index contributed by atoms with van der Waals surface area (Å²) in [6.07, 6.45) is 3.55. The standard InChI is InChI=1S/C14H15N3O2S/c15-12-6-7-16-9-14(12)20(18,19)17-13-8-11(13)10-4-2-1-3-5-10/h1-7,9,11,13,17H,8H2,(H2,15,16). The number of sulfonamides is 1. The number of hydrogen-bond acceptors (Lipinski definition) is 4. The average Bonchev–Trinajstić information content (AvgIpc) is 3.18. The van der Waals surface area contributed by atoms with E-state index in [1.807, 2.05) is 30.3 Å². The van der Waals surface area contributed by atoms with E-state index in [1.54, 1.807) is 0 Å². The smallest absolute Gasteiger partial charge is 0.244 e. The van der Waals surface area contributed by atoms with Gasteiger partial charge < -0.3 is 5.73 Å². The fourth-order valence-electron chi connectivity index (χ4n) is 2.27. The molecular weight excluding hydrogens is 274 g/mol. The van der Waals surface area contributed by atoms with Crippen molar-refractivity contribution in [3.05, 3.63) is 54.4 Å². The van der Waals surface area contributed by atoms with Gasteiger partial charge in [0.2, 0.25) is 10.0 Å². The van der Waals surface area contributed by atoms with Gasteiger partial charge in [-0.3, -0.25) is 4.98 Å². The van der Waals surface area contributed by atoms with Crippen molar-refractivity contribution < 1.29 is 8.42 Å². The van der Waals surface area contributed by atoms with Crippen molar-refractivity contribution in [3.8, 4) is 0 Å². The molecule has 104 valence electrons. The Morgan fingerprint density at radius 3 is 2.65 bits per heavy atom. The minimum atomic E-state index is -3.61. The highest BCUT2D eigenvalue weighted by Gasteiger charge is 2.41. The first-order valence-corrected chi connectivity index (χ1v) is 7.83. The van der Waals surface area contributed by atoms with Gasteiger partial charge in [0.25, 0.3) is 0 Å². The number of rotatable bonds is 4. The Bertz CT molecular complexity index is 716. The predicted molar refractivity (Wildman–Crippen MR) is 76.6 cm³/mol. The fraction of sp³-hybridized carbons (Fsp3) is 0.214. The molecule has 0 aliphatic heterocycles. The summed E-state index contributed by atoms with van der Waals surface area (Å²) in [4.78, 5) is 3.86. The molecule has 1 heterocycles. The zero-order valence-corrected chi connectivity index (χ0v) is 11.5. The Hall–Kier alpha value is -1.92. The molecule has 0 amide bonds. The van der Waals surface area contributed by atoms with Crippen LogP contribution < -0.4 is 10.5 Å². The van der Waals surface area contributed by atoms with Gasteiger partial charge in [-0.05, 0) is 18.1 Å². The van der Waals surface area contributed by atoms with Crippen molar-refractivity contribution in [1.82, 2.24) is 9.71 Å². The van der Waals surface area contributed by atoms with E-state index in [0.717, 1.165) is 12.0 Å². The number of nitrogens with zero attached hydrogens (tertiary/aromatic N) is 1. The molecule has 0 saturated heterocycles. The molecule has 0 bridgehead atoms. The molecular formula is C14H15N3O2S. The van der Waals surface area contributed by atoms with Crippen LogP contribution in [0.2, 0.25) is 0 Å². The Labute approximate surface area is 117 Å². The second kappa shape index (κ2) is 4.88. The van der Waals surface area contributed by atoms with Crippen LogP contribution in [0.5, 0.6) is 0 Å². The van der Waals surface area contributed by atoms with Crippen LogP contribution >= 0.6 is 0 Å². The van der Waals surface area contributed by atoms with E-state index >= 15 is 0 Å². The number of benzene rings is 1. The second-order valence-corrected chi connectivity index (χ2v) is 6.58. The number of aromatic nitrogens is 1. The summed E-state index contributed by atoms with van der Waals surface area (Å²) < 4.78 is 27.2. The Kier molecular flexibility index (Phi) is 3.19. The summed E-state index contributed by atoms with van der Waals surface area (Å²) in [5, 5.41) is 0. The molecule has 2 aromatic rings. The number of hydrogen-bond donors (Lipinski definition) is 2. The van der Waals surface area contributed by atoms with Crippen LogP contribution in [0.3, 0.4) is 0 Å². The molecule has 20 heavy (non-hydrogen) atoms. The van der Waals surface area contributed by atoms with Gasteiger partial charge in [-0.1, -0.05) is 30.3 Å². The molecule has 1 aliphatic carbocycles. The number of nitrogens with one attached hydrogen (secondary N) is 1. The number of anilines is 1. The topological polar surface area (TPSA) is 85.1 Å². The molecule has 1 saturated carbocycles. The lowest BCUT2D eigenvalue weighted by atomic mass is 10.1. The monoisotopic (exact) mass is 289 g/mol. The van der Waals surface area contributed by atoms with Gasteiger partial charge in [-0.25, -0.2) is 13.1 Å². The normalized spacial score (nSPS) is 21.6. The van der Waals surface area contributed by atoms with Crippen LogP contribution in [-0.4, -0.2) is 19.4 Å². The molecule has 3 N–H and O–H groups in total. The molecule has 0 radical (unpaired) electrons. The highest BCUT2D eigenvalue weighted by atomic mass is 32.2. The third-order valence-electron chi connectivity index (χ3n) is 3.43. The summed E-state index contributed by atoms with van der Waals surface area (Å²) in [6, 6.07) is 11.3. The Morgan fingerprint density at radius 1 is 1.20 bits per heavy atom. The molecule has 2 atom stereocenters. The van der Waals surface area contributed by atoms with Gasteiger partial charge in [0.05, 0.1) is 5.69 Å². The van der Waals surface area contributed by atoms with Crippen LogP contribution in [0.25, 0.3) is 0 Å². The van der Waals surface area contributed by atoms with Crippen LogP contribution in [-0.2, 0) is 10.0 Å². The molecule has 6 heteroatoms. The first-order chi connectivity index (χ1) is 9.58. The summed E-state index contributed by atoms with van der Waals surface area (Å²) in [7, 11) is -3.61. The van der Waals surface area contributed by atoms with Crippen LogP contribution in [0.4, 0.5) is 5.69 Å². The van der Waals surface area contributed by atoms with Crippen molar-refractivity contribution >= 4 is 15.7 Å². The van der Waals surface area contributed by atoms with E-state index in [0.29, 0.717) is 0 Å². The van der Waals surface area contributed by atoms with Gasteiger partial charge in [0, 0.05) is 24.4 Å². The van der Waals surface area contributed by atoms with Gasteiger partial charge in [-0.2, -0.15) is 0 Å². The van der Waals surface area contributed by atoms with Gasteiger partial charge in [-0.15, -0.1) is 0 Å². The van der Waals surface area contributed by atoms with Crippen LogP contribution in [0, 0.1) is 0 Å². The Morgan fingerprint density at radius 2 is 1.95 bits per heavy atom. The second-order valence-electron chi connectivity index (χ2n) is 4.89. The fourth-order valence-corrected chi connectivity index (χ4v) is 3.64. The molecule has 1 fully saturated rings. The van der Waals surface area contributed by atoms with E-state index in [1.165, 1.54) is 18.5 Å². The zero-order valence-electron chi connectivity index (χ0n) is 10.7. The lowest BCUT2D eigenvalue weighted by molar-refractivity contribution is 0.580. The molecule has 1 aliphatic rings. The zero-order chi connectivity index (χ0) is 14.2. The largest absolute Gasteiger partial charge is 0.398 e. The molecule has 1 aromatic carbocycles. The maximum absolute atomic E-state index is 12.2. The van der Waals surface area contributed by atoms with Crippen molar-refractivity contribution in [2.75, 3.05) is 5.73 Å². The Balaban J connectivity index is 1.75. The third-order valence-corrected chi connectivity index (χ3v) is 4.96. The van der Waals surface area contributed by atoms with Crippen molar-refractivity contribution in [1.29, 1.82) is 0 Å². The maximum atomic E-state index is 12.2. The highest BCUT2D eigenvalue weighted by molar-refractivity contribution is 7.89. The molecule has 5 nitrogen and oxygen atoms in total. The van der Waals surface area contributed by atoms with E-state index in [9.17, 15) is 8.42 Å². The number of nitrogens with two attached hydrogens (primary N) is 1. The lowest BCUT2D eigenvalue weighted by Crippen LogP contribution is -2.27. The summed E-state index contributed by atoms with van der Waals surface area (Å²) in [6.45, 7) is 0. The summed E-state index contributed by atoms with van der Waals surface area (Å²) >= 11 is 0. The van der Waals surface area contributed by atoms with E-state index in [4.69, 9.17) is 5.73 Å². The lowest BCUT2D eigenvalue weighted by Gasteiger charge is -2.08. The van der Waals surface area contributed by atoms with Crippen molar-refractivity contribution in [2.45, 2.75) is 23.3 Å².